The lowest BCUT2D eigenvalue weighted by Crippen LogP contribution is -2.37. The number of hydrogen-bond donors (Lipinski definition) is 2. The minimum Gasteiger partial charge on any atom is -0.508 e. The van der Waals surface area contributed by atoms with Crippen LogP contribution in [0.15, 0.2) is 18.2 Å². The van der Waals surface area contributed by atoms with Crippen LogP contribution in [0.4, 0.5) is 0 Å². The Hall–Kier alpha value is -1.71. The Morgan fingerprint density at radius 3 is 2.67 bits per heavy atom. The zero-order valence-electron chi connectivity index (χ0n) is 11.2. The first-order valence-electron chi connectivity index (χ1n) is 6.29. The van der Waals surface area contributed by atoms with E-state index >= 15 is 0 Å². The zero-order chi connectivity index (χ0) is 13.5. The Kier molecular flexibility index (Phi) is 5.49. The Morgan fingerprint density at radius 2 is 2.06 bits per heavy atom. The van der Waals surface area contributed by atoms with Gasteiger partial charge in [-0.2, -0.15) is 0 Å². The molecule has 100 valence electrons. The van der Waals surface area contributed by atoms with Crippen molar-refractivity contribution in [3.8, 4) is 11.5 Å². The van der Waals surface area contributed by atoms with Crippen molar-refractivity contribution >= 4 is 5.91 Å². The number of ether oxygens (including phenoxy) is 1. The fourth-order valence-corrected chi connectivity index (χ4v) is 1.66. The van der Waals surface area contributed by atoms with Gasteiger partial charge in [-0.3, -0.25) is 4.79 Å². The van der Waals surface area contributed by atoms with Gasteiger partial charge in [-0.1, -0.05) is 19.9 Å². The van der Waals surface area contributed by atoms with Gasteiger partial charge >= 0.3 is 0 Å². The van der Waals surface area contributed by atoms with Crippen LogP contribution in [0.25, 0.3) is 0 Å². The number of rotatable bonds is 6. The Morgan fingerprint density at radius 1 is 1.39 bits per heavy atom. The maximum atomic E-state index is 11.6. The number of amides is 1. The van der Waals surface area contributed by atoms with Gasteiger partial charge in [-0.05, 0) is 31.9 Å². The highest BCUT2D eigenvalue weighted by molar-refractivity contribution is 5.77. The molecule has 0 spiro atoms. The van der Waals surface area contributed by atoms with Crippen molar-refractivity contribution in [1.29, 1.82) is 0 Å². The number of benzene rings is 1. The molecule has 0 aliphatic heterocycles. The average molecular weight is 251 g/mol. The van der Waals surface area contributed by atoms with Crippen LogP contribution in [0.5, 0.6) is 11.5 Å². The molecule has 1 aromatic carbocycles. The molecule has 4 nitrogen and oxygen atoms in total. The summed E-state index contributed by atoms with van der Waals surface area (Å²) >= 11 is 0. The lowest BCUT2D eigenvalue weighted by molar-refractivity contribution is -0.123. The number of aromatic hydroxyl groups is 1. The minimum absolute atomic E-state index is 0.0270. The van der Waals surface area contributed by atoms with Gasteiger partial charge < -0.3 is 15.2 Å². The van der Waals surface area contributed by atoms with Crippen molar-refractivity contribution in [1.82, 2.24) is 5.32 Å². The minimum atomic E-state index is -0.133. The monoisotopic (exact) mass is 251 g/mol. The van der Waals surface area contributed by atoms with E-state index in [0.717, 1.165) is 12.8 Å². The van der Waals surface area contributed by atoms with Crippen LogP contribution < -0.4 is 10.1 Å². The molecule has 0 aliphatic rings. The van der Waals surface area contributed by atoms with Crippen molar-refractivity contribution in [2.45, 2.75) is 39.7 Å². The van der Waals surface area contributed by atoms with E-state index in [1.165, 1.54) is 0 Å². The average Bonchev–Trinajstić information content (AvgIpc) is 2.37. The summed E-state index contributed by atoms with van der Waals surface area (Å²) in [6.07, 6.45) is 1.82. The number of carbonyl (C=O) groups is 1. The van der Waals surface area contributed by atoms with Crippen LogP contribution >= 0.6 is 0 Å². The van der Waals surface area contributed by atoms with Crippen LogP contribution in [-0.4, -0.2) is 23.7 Å². The summed E-state index contributed by atoms with van der Waals surface area (Å²) in [4.78, 5) is 11.6. The summed E-state index contributed by atoms with van der Waals surface area (Å²) in [7, 11) is 0. The van der Waals surface area contributed by atoms with Crippen molar-refractivity contribution in [3.05, 3.63) is 23.8 Å². The van der Waals surface area contributed by atoms with Gasteiger partial charge in [0.15, 0.2) is 6.61 Å². The van der Waals surface area contributed by atoms with E-state index in [0.29, 0.717) is 11.3 Å². The van der Waals surface area contributed by atoms with Crippen molar-refractivity contribution in [2.24, 2.45) is 0 Å². The second kappa shape index (κ2) is 6.89. The molecule has 0 bridgehead atoms. The van der Waals surface area contributed by atoms with E-state index in [9.17, 15) is 9.90 Å². The normalized spacial score (nSPS) is 10.4. The molecule has 1 aromatic rings. The Balaban J connectivity index is 2.50. The molecule has 0 atom stereocenters. The summed E-state index contributed by atoms with van der Waals surface area (Å²) < 4.78 is 5.40. The second-order valence-electron chi connectivity index (χ2n) is 4.27. The first-order chi connectivity index (χ1) is 8.58. The van der Waals surface area contributed by atoms with Crippen LogP contribution in [0.2, 0.25) is 0 Å². The highest BCUT2D eigenvalue weighted by Gasteiger charge is 2.10. The van der Waals surface area contributed by atoms with Crippen LogP contribution in [0.3, 0.4) is 0 Å². The molecule has 0 unspecified atom stereocenters. The molecule has 2 N–H and O–H groups in total. The van der Waals surface area contributed by atoms with Gasteiger partial charge in [0.05, 0.1) is 0 Å². The third-order valence-electron chi connectivity index (χ3n) is 2.96. The first kappa shape index (κ1) is 14.4. The fraction of sp³-hybridized carbons (Fsp3) is 0.500. The lowest BCUT2D eigenvalue weighted by Gasteiger charge is -2.15. The van der Waals surface area contributed by atoms with E-state index in [2.05, 4.69) is 5.32 Å². The Labute approximate surface area is 108 Å². The molecule has 0 radical (unpaired) electrons. The molecule has 0 saturated heterocycles. The van der Waals surface area contributed by atoms with Crippen LogP contribution in [-0.2, 0) is 4.79 Å². The van der Waals surface area contributed by atoms with Gasteiger partial charge in [0.25, 0.3) is 5.91 Å². The highest BCUT2D eigenvalue weighted by Crippen LogP contribution is 2.25. The number of phenols is 1. The third-order valence-corrected chi connectivity index (χ3v) is 2.96. The van der Waals surface area contributed by atoms with Gasteiger partial charge in [0.1, 0.15) is 11.5 Å². The highest BCUT2D eigenvalue weighted by atomic mass is 16.5. The first-order valence-corrected chi connectivity index (χ1v) is 6.29. The summed E-state index contributed by atoms with van der Waals surface area (Å²) in [6, 6.07) is 5.22. The van der Waals surface area contributed by atoms with Gasteiger partial charge in [0, 0.05) is 11.6 Å². The predicted molar refractivity (Wildman–Crippen MR) is 70.9 cm³/mol. The smallest absolute Gasteiger partial charge is 0.258 e. The van der Waals surface area contributed by atoms with Crippen LogP contribution in [0.1, 0.15) is 32.3 Å². The number of hydrogen-bond acceptors (Lipinski definition) is 3. The number of phenolic OH excluding ortho intramolecular Hbond substituents is 1. The topological polar surface area (TPSA) is 58.6 Å². The van der Waals surface area contributed by atoms with Crippen molar-refractivity contribution in [2.75, 3.05) is 6.61 Å². The van der Waals surface area contributed by atoms with E-state index in [4.69, 9.17) is 4.74 Å². The number of nitrogens with one attached hydrogen (secondary N) is 1. The van der Waals surface area contributed by atoms with Crippen molar-refractivity contribution in [3.63, 3.8) is 0 Å². The molecule has 0 heterocycles. The summed E-state index contributed by atoms with van der Waals surface area (Å²) in [6.45, 7) is 5.80. The molecule has 1 rings (SSSR count). The molecule has 0 saturated carbocycles. The largest absolute Gasteiger partial charge is 0.508 e. The maximum Gasteiger partial charge on any atom is 0.258 e. The SMILES string of the molecule is CCC(CC)NC(=O)COc1cccc(O)c1C. The zero-order valence-corrected chi connectivity index (χ0v) is 11.2. The number of carbonyl (C=O) groups excluding carboxylic acids is 1. The molecular weight excluding hydrogens is 230 g/mol. The van der Waals surface area contributed by atoms with E-state index in [1.807, 2.05) is 13.8 Å². The summed E-state index contributed by atoms with van der Waals surface area (Å²) in [5.74, 6) is 0.578. The summed E-state index contributed by atoms with van der Waals surface area (Å²) in [5.41, 5.74) is 0.646. The second-order valence-corrected chi connectivity index (χ2v) is 4.27. The molecular formula is C14H21NO3. The molecule has 1 amide bonds. The van der Waals surface area contributed by atoms with Gasteiger partial charge in [0.2, 0.25) is 0 Å². The van der Waals surface area contributed by atoms with Crippen molar-refractivity contribution < 1.29 is 14.6 Å². The van der Waals surface area contributed by atoms with Gasteiger partial charge in [-0.15, -0.1) is 0 Å². The fourth-order valence-electron chi connectivity index (χ4n) is 1.66. The van der Waals surface area contributed by atoms with E-state index in [1.54, 1.807) is 25.1 Å². The van der Waals surface area contributed by atoms with Crippen LogP contribution in [0, 0.1) is 6.92 Å². The maximum absolute atomic E-state index is 11.6. The molecule has 18 heavy (non-hydrogen) atoms. The summed E-state index contributed by atoms with van der Waals surface area (Å²) in [5, 5.41) is 12.4. The third kappa shape index (κ3) is 3.95. The van der Waals surface area contributed by atoms with E-state index in [-0.39, 0.29) is 24.3 Å². The molecule has 0 fully saturated rings. The molecule has 0 aliphatic carbocycles. The lowest BCUT2D eigenvalue weighted by atomic mass is 10.2. The standard InChI is InChI=1S/C14H21NO3/c1-4-11(5-2)15-14(17)9-18-13-8-6-7-12(16)10(13)3/h6-8,11,16H,4-5,9H2,1-3H3,(H,15,17). The van der Waals surface area contributed by atoms with E-state index < -0.39 is 0 Å². The Bertz CT molecular complexity index is 400. The quantitative estimate of drug-likeness (QED) is 0.816. The molecule has 0 aromatic heterocycles. The van der Waals surface area contributed by atoms with Gasteiger partial charge in [-0.25, -0.2) is 0 Å². The predicted octanol–water partition coefficient (Wildman–Crippen LogP) is 2.38. The molecule has 4 heteroatoms.